The lowest BCUT2D eigenvalue weighted by atomic mass is 10.3. The summed E-state index contributed by atoms with van der Waals surface area (Å²) in [7, 11) is -2.67. The van der Waals surface area contributed by atoms with Gasteiger partial charge in [0.1, 0.15) is 0 Å². The molecule has 0 aromatic rings. The molecule has 0 aliphatic heterocycles. The smallest absolute Gasteiger partial charge is 0.257 e. The van der Waals surface area contributed by atoms with Crippen molar-refractivity contribution in [1.82, 2.24) is 0 Å². The molecule has 3 nitrogen and oxygen atoms in total. The maximum Gasteiger partial charge on any atom is 0.257 e. The third-order valence-corrected chi connectivity index (χ3v) is 1.26. The fourth-order valence-electron chi connectivity index (χ4n) is 0.456. The van der Waals surface area contributed by atoms with Crippen molar-refractivity contribution < 1.29 is 12.6 Å². The summed E-state index contributed by atoms with van der Waals surface area (Å²) in [6.07, 6.45) is 5.65. The first-order valence-electron chi connectivity index (χ1n) is 3.19. The first-order chi connectivity index (χ1) is 4.77. The van der Waals surface area contributed by atoms with Crippen molar-refractivity contribution in [2.24, 2.45) is 0 Å². The second-order valence-corrected chi connectivity index (χ2v) is 2.48. The SMILES string of the molecule is CCCC=CCO[SH](=O)=O. The molecule has 60 valence electrons. The van der Waals surface area contributed by atoms with Gasteiger partial charge < -0.3 is 0 Å². The summed E-state index contributed by atoms with van der Waals surface area (Å²) in [6, 6.07) is 0. The van der Waals surface area contributed by atoms with E-state index in [1.807, 2.05) is 6.08 Å². The Morgan fingerprint density at radius 1 is 1.40 bits per heavy atom. The van der Waals surface area contributed by atoms with E-state index in [9.17, 15) is 8.42 Å². The van der Waals surface area contributed by atoms with E-state index in [4.69, 9.17) is 0 Å². The van der Waals surface area contributed by atoms with Crippen LogP contribution in [-0.4, -0.2) is 15.0 Å². The minimum Gasteiger partial charge on any atom is -0.268 e. The Morgan fingerprint density at radius 2 is 2.10 bits per heavy atom. The zero-order valence-electron chi connectivity index (χ0n) is 5.95. The van der Waals surface area contributed by atoms with Gasteiger partial charge in [-0.3, -0.25) is 4.18 Å². The van der Waals surface area contributed by atoms with E-state index in [1.165, 1.54) is 0 Å². The number of thiol groups is 1. The Balaban J connectivity index is 3.18. The summed E-state index contributed by atoms with van der Waals surface area (Å²) in [5, 5.41) is 0. The van der Waals surface area contributed by atoms with Gasteiger partial charge in [0.2, 0.25) is 0 Å². The molecule has 0 atom stereocenters. The molecule has 10 heavy (non-hydrogen) atoms. The average Bonchev–Trinajstić information content (AvgIpc) is 1.87. The molecule has 0 rings (SSSR count). The molecule has 0 bridgehead atoms. The largest absolute Gasteiger partial charge is 0.268 e. The van der Waals surface area contributed by atoms with Crippen LogP contribution in [0.2, 0.25) is 0 Å². The zero-order valence-corrected chi connectivity index (χ0v) is 6.84. The van der Waals surface area contributed by atoms with Crippen molar-refractivity contribution in [3.63, 3.8) is 0 Å². The maximum absolute atomic E-state index is 9.81. The summed E-state index contributed by atoms with van der Waals surface area (Å²) in [5.74, 6) is 0. The summed E-state index contributed by atoms with van der Waals surface area (Å²) in [6.45, 7) is 2.22. The van der Waals surface area contributed by atoms with Crippen molar-refractivity contribution in [1.29, 1.82) is 0 Å². The maximum atomic E-state index is 9.81. The lowest BCUT2D eigenvalue weighted by Gasteiger charge is -1.86. The highest BCUT2D eigenvalue weighted by atomic mass is 32.2. The van der Waals surface area contributed by atoms with Gasteiger partial charge >= 0.3 is 0 Å². The molecule has 0 radical (unpaired) electrons. The van der Waals surface area contributed by atoms with Crippen LogP contribution in [-0.2, 0) is 15.2 Å². The van der Waals surface area contributed by atoms with Crippen molar-refractivity contribution in [2.75, 3.05) is 6.61 Å². The monoisotopic (exact) mass is 164 g/mol. The van der Waals surface area contributed by atoms with Gasteiger partial charge in [-0.1, -0.05) is 25.5 Å². The van der Waals surface area contributed by atoms with Crippen LogP contribution in [0.1, 0.15) is 19.8 Å². The van der Waals surface area contributed by atoms with E-state index < -0.39 is 11.0 Å². The van der Waals surface area contributed by atoms with Gasteiger partial charge in [-0.15, -0.1) is 0 Å². The third-order valence-electron chi connectivity index (χ3n) is 0.898. The van der Waals surface area contributed by atoms with Gasteiger partial charge in [0.05, 0.1) is 6.61 Å². The zero-order chi connectivity index (χ0) is 7.82. The molecule has 0 aromatic heterocycles. The quantitative estimate of drug-likeness (QED) is 0.484. The van der Waals surface area contributed by atoms with Gasteiger partial charge in [0.15, 0.2) is 0 Å². The molecule has 0 aliphatic carbocycles. The van der Waals surface area contributed by atoms with Gasteiger partial charge in [-0.25, -0.2) is 8.42 Å². The van der Waals surface area contributed by atoms with Crippen molar-refractivity contribution in [3.8, 4) is 0 Å². The molecule has 0 saturated carbocycles. The standard InChI is InChI=1S/C6H12O3S/c1-2-3-4-5-6-9-10(7)8/h4-5,10H,2-3,6H2,1H3. The molecule has 0 fully saturated rings. The van der Waals surface area contributed by atoms with E-state index in [1.54, 1.807) is 6.08 Å². The number of hydrogen-bond donors (Lipinski definition) is 1. The summed E-state index contributed by atoms with van der Waals surface area (Å²) in [4.78, 5) is 0. The lowest BCUT2D eigenvalue weighted by Crippen LogP contribution is -1.86. The molecule has 0 heterocycles. The van der Waals surface area contributed by atoms with Gasteiger partial charge in [0, 0.05) is 0 Å². The van der Waals surface area contributed by atoms with Crippen LogP contribution in [0.3, 0.4) is 0 Å². The minimum absolute atomic E-state index is 0.165. The van der Waals surface area contributed by atoms with Gasteiger partial charge in [0.25, 0.3) is 11.0 Å². The van der Waals surface area contributed by atoms with Crippen molar-refractivity contribution in [3.05, 3.63) is 12.2 Å². The number of rotatable bonds is 5. The third kappa shape index (κ3) is 7.65. The van der Waals surface area contributed by atoms with E-state index >= 15 is 0 Å². The summed E-state index contributed by atoms with van der Waals surface area (Å²) >= 11 is 0. The molecule has 4 heteroatoms. The Labute approximate surface area is 62.9 Å². The van der Waals surface area contributed by atoms with Crippen LogP contribution >= 0.6 is 0 Å². The molecule has 0 aromatic carbocycles. The molecular formula is C6H12O3S. The van der Waals surface area contributed by atoms with Crippen LogP contribution in [0, 0.1) is 0 Å². The second-order valence-electron chi connectivity index (χ2n) is 1.78. The van der Waals surface area contributed by atoms with Crippen LogP contribution in [0.25, 0.3) is 0 Å². The van der Waals surface area contributed by atoms with Gasteiger partial charge in [-0.05, 0) is 6.42 Å². The molecule has 0 N–H and O–H groups in total. The first-order valence-corrected chi connectivity index (χ1v) is 4.29. The highest BCUT2D eigenvalue weighted by molar-refractivity contribution is 7.67. The first kappa shape index (κ1) is 9.65. The normalized spacial score (nSPS) is 11.4. The molecule has 0 unspecified atom stereocenters. The van der Waals surface area contributed by atoms with Crippen molar-refractivity contribution in [2.45, 2.75) is 19.8 Å². The van der Waals surface area contributed by atoms with E-state index in [2.05, 4.69) is 11.1 Å². The topological polar surface area (TPSA) is 43.4 Å². The van der Waals surface area contributed by atoms with Crippen LogP contribution in [0.5, 0.6) is 0 Å². The van der Waals surface area contributed by atoms with E-state index in [0.717, 1.165) is 12.8 Å². The fourth-order valence-corrected chi connectivity index (χ4v) is 0.664. The number of hydrogen-bond acceptors (Lipinski definition) is 3. The highest BCUT2D eigenvalue weighted by Crippen LogP contribution is 1.87. The van der Waals surface area contributed by atoms with Gasteiger partial charge in [-0.2, -0.15) is 0 Å². The van der Waals surface area contributed by atoms with Crippen LogP contribution < -0.4 is 0 Å². The Morgan fingerprint density at radius 3 is 2.60 bits per heavy atom. The summed E-state index contributed by atoms with van der Waals surface area (Å²) < 4.78 is 23.9. The second kappa shape index (κ2) is 6.77. The highest BCUT2D eigenvalue weighted by Gasteiger charge is 1.79. The fraction of sp³-hybridized carbons (Fsp3) is 0.667. The molecule has 0 amide bonds. The number of allylic oxidation sites excluding steroid dienone is 1. The van der Waals surface area contributed by atoms with Crippen molar-refractivity contribution >= 4 is 11.0 Å². The molecule has 0 saturated heterocycles. The number of unbranched alkanes of at least 4 members (excludes halogenated alkanes) is 1. The molecule has 0 spiro atoms. The van der Waals surface area contributed by atoms with Crippen LogP contribution in [0.4, 0.5) is 0 Å². The predicted octanol–water partition coefficient (Wildman–Crippen LogP) is 0.886. The Bertz CT molecular complexity index is 152. The molecule has 0 aliphatic rings. The summed E-state index contributed by atoms with van der Waals surface area (Å²) in [5.41, 5.74) is 0. The molecular weight excluding hydrogens is 152 g/mol. The average molecular weight is 164 g/mol. The van der Waals surface area contributed by atoms with E-state index in [0.29, 0.717) is 0 Å². The van der Waals surface area contributed by atoms with Crippen LogP contribution in [0.15, 0.2) is 12.2 Å². The Hall–Kier alpha value is -0.350. The van der Waals surface area contributed by atoms with E-state index in [-0.39, 0.29) is 6.61 Å². The predicted molar refractivity (Wildman–Crippen MR) is 40.3 cm³/mol. The lowest BCUT2D eigenvalue weighted by molar-refractivity contribution is 0.374. The Kier molecular flexibility index (Phi) is 6.53. The minimum atomic E-state index is -2.67.